The first kappa shape index (κ1) is 37.3. The van der Waals surface area contributed by atoms with Crippen molar-refractivity contribution >= 4 is 41.2 Å². The Balaban J connectivity index is 2.38. The lowest BCUT2D eigenvalue weighted by molar-refractivity contribution is -0.960. The molecule has 0 aromatic heterocycles. The summed E-state index contributed by atoms with van der Waals surface area (Å²) in [6, 6.07) is -0.974. The standard InChI is InChI=1S/C28H33N7O12/c1-2-3-13-46-47-31-12-5-4-6-19-27(41)34-21(26(40)30-16-23(29)36)11-14-45-22-9-7-17(35(43)44)15-18(22)25(39)32-20(28(42)33-19)8-10-24(37)38/h1,7,9,15,19-21,31H,4-6,8,10-12,14,16H2,(H2,29,36)(H,30,40)(H,32,39)(H,33,42)(H,34,41)(H,37,38)/p+1/t19-,20-,21?/m0/s1. The summed E-state index contributed by atoms with van der Waals surface area (Å²) >= 11 is 0. The Morgan fingerprint density at radius 3 is 2.55 bits per heavy atom. The second kappa shape index (κ2) is 19.5. The van der Waals surface area contributed by atoms with Crippen LogP contribution >= 0.6 is 0 Å². The zero-order valence-electron chi connectivity index (χ0n) is 24.9. The van der Waals surface area contributed by atoms with Crippen LogP contribution in [-0.2, 0) is 33.8 Å². The number of hydrogen-bond donors (Lipinski definition) is 7. The number of nitrogens with two attached hydrogens (primary N) is 2. The average molecular weight is 661 g/mol. The number of carbonyl (C=O) groups excluding carboxylic acids is 5. The minimum absolute atomic E-state index is 0.0178. The quantitative estimate of drug-likeness (QED) is 0.0348. The predicted molar refractivity (Wildman–Crippen MR) is 157 cm³/mol. The van der Waals surface area contributed by atoms with Crippen LogP contribution in [0, 0.1) is 34.5 Å². The molecule has 9 N–H and O–H groups in total. The lowest BCUT2D eigenvalue weighted by Gasteiger charge is -2.26. The molecule has 1 unspecified atom stereocenters. The molecule has 1 heterocycles. The van der Waals surface area contributed by atoms with Gasteiger partial charge in [0.05, 0.1) is 23.6 Å². The number of nitro benzene ring substituents is 1. The molecule has 0 fully saturated rings. The monoisotopic (exact) mass is 660 g/mol. The van der Waals surface area contributed by atoms with Gasteiger partial charge in [-0.05, 0) is 37.7 Å². The van der Waals surface area contributed by atoms with Crippen molar-refractivity contribution in [2.24, 2.45) is 5.73 Å². The van der Waals surface area contributed by atoms with E-state index in [1.54, 1.807) is 0 Å². The van der Waals surface area contributed by atoms with Crippen molar-refractivity contribution in [3.63, 3.8) is 0 Å². The SMILES string of the molecule is C#CC#COO[NH2+]CCCC[C@@H]1NC(=O)[C@H](CCC(=O)O)NC(=O)c2cc([N+](=O)[O-])ccc2OCCC(C(=O)NCC(N)=O)NC1=O. The number of rotatable bonds is 14. The zero-order chi connectivity index (χ0) is 34.8. The van der Waals surface area contributed by atoms with Gasteiger partial charge in [0.1, 0.15) is 30.4 Å². The Kier molecular flexibility index (Phi) is 15.4. The molecule has 0 radical (unpaired) electrons. The van der Waals surface area contributed by atoms with Crippen molar-refractivity contribution in [2.45, 2.75) is 56.7 Å². The Morgan fingerprint density at radius 2 is 1.87 bits per heavy atom. The van der Waals surface area contributed by atoms with Gasteiger partial charge in [-0.2, -0.15) is 5.48 Å². The molecule has 2 rings (SSSR count). The number of primary amides is 1. The van der Waals surface area contributed by atoms with Gasteiger partial charge in [-0.15, -0.1) is 6.42 Å². The van der Waals surface area contributed by atoms with Gasteiger partial charge in [0.25, 0.3) is 11.6 Å². The molecular weight excluding hydrogens is 626 g/mol. The highest BCUT2D eigenvalue weighted by molar-refractivity contribution is 6.01. The van der Waals surface area contributed by atoms with E-state index in [2.05, 4.69) is 38.2 Å². The van der Waals surface area contributed by atoms with Gasteiger partial charge in [0.2, 0.25) is 23.6 Å². The summed E-state index contributed by atoms with van der Waals surface area (Å²) in [4.78, 5) is 95.4. The Morgan fingerprint density at radius 1 is 1.15 bits per heavy atom. The fraction of sp³-hybridized carbons (Fsp3) is 0.429. The van der Waals surface area contributed by atoms with Crippen molar-refractivity contribution in [3.8, 4) is 30.1 Å². The number of nitrogens with zero attached hydrogens (tertiary/aromatic N) is 1. The van der Waals surface area contributed by atoms with E-state index in [1.807, 2.05) is 5.92 Å². The Bertz CT molecular complexity index is 1450. The third-order valence-electron chi connectivity index (χ3n) is 6.40. The first-order chi connectivity index (χ1) is 22.4. The minimum atomic E-state index is -1.50. The Hall–Kier alpha value is -5.92. The molecule has 1 aliphatic rings. The number of fused-ring (bicyclic) bond motifs is 1. The number of hydroxylamine groups is 1. The molecule has 1 aromatic carbocycles. The molecule has 0 saturated carbocycles. The lowest BCUT2D eigenvalue weighted by atomic mass is 10.0. The van der Waals surface area contributed by atoms with E-state index < -0.39 is 83.6 Å². The molecule has 1 aromatic rings. The number of quaternary nitrogens is 1. The molecule has 19 heteroatoms. The topological polar surface area (TPSA) is 284 Å². The number of non-ortho nitro benzene ring substituents is 1. The second-order valence-electron chi connectivity index (χ2n) is 9.84. The minimum Gasteiger partial charge on any atom is -0.493 e. The van der Waals surface area contributed by atoms with E-state index in [0.29, 0.717) is 19.4 Å². The number of nitro groups is 1. The van der Waals surface area contributed by atoms with Crippen LogP contribution in [-0.4, -0.2) is 83.4 Å². The molecule has 252 valence electrons. The van der Waals surface area contributed by atoms with Gasteiger partial charge in [-0.25, -0.2) is 4.89 Å². The van der Waals surface area contributed by atoms with Crippen LogP contribution in [0.25, 0.3) is 0 Å². The molecule has 47 heavy (non-hydrogen) atoms. The zero-order valence-corrected chi connectivity index (χ0v) is 24.9. The van der Waals surface area contributed by atoms with Crippen LogP contribution in [0.3, 0.4) is 0 Å². The first-order valence-corrected chi connectivity index (χ1v) is 14.1. The van der Waals surface area contributed by atoms with Crippen LogP contribution < -0.4 is 37.2 Å². The maximum absolute atomic E-state index is 13.4. The molecule has 0 saturated heterocycles. The maximum atomic E-state index is 13.4. The van der Waals surface area contributed by atoms with Crippen molar-refractivity contribution < 1.29 is 58.9 Å². The van der Waals surface area contributed by atoms with Gasteiger partial charge in [-0.1, -0.05) is 0 Å². The van der Waals surface area contributed by atoms with E-state index in [4.69, 9.17) is 21.9 Å². The second-order valence-corrected chi connectivity index (χ2v) is 9.84. The molecule has 5 amide bonds. The summed E-state index contributed by atoms with van der Waals surface area (Å²) in [5, 5.41) is 30.3. The number of carbonyl (C=O) groups is 6. The molecule has 1 aliphatic heterocycles. The Labute approximate surface area is 267 Å². The molecule has 0 aliphatic carbocycles. The van der Waals surface area contributed by atoms with Crippen LogP contribution in [0.1, 0.15) is 48.9 Å². The van der Waals surface area contributed by atoms with Gasteiger partial charge in [-0.3, -0.25) is 38.9 Å². The van der Waals surface area contributed by atoms with Crippen LogP contribution in [0.5, 0.6) is 5.75 Å². The number of aliphatic carboxylic acids is 1. The number of amides is 5. The van der Waals surface area contributed by atoms with Crippen LogP contribution in [0.2, 0.25) is 0 Å². The van der Waals surface area contributed by atoms with Gasteiger partial charge < -0.3 is 36.8 Å². The van der Waals surface area contributed by atoms with E-state index in [0.717, 1.165) is 18.2 Å². The number of unbranched alkanes of at least 4 members (excludes halogenated alkanes) is 1. The van der Waals surface area contributed by atoms with E-state index >= 15 is 0 Å². The van der Waals surface area contributed by atoms with Crippen molar-refractivity contribution in [3.05, 3.63) is 33.9 Å². The van der Waals surface area contributed by atoms with Crippen LogP contribution in [0.15, 0.2) is 18.2 Å². The molecule has 0 spiro atoms. The smallest absolute Gasteiger partial charge is 0.303 e. The maximum Gasteiger partial charge on any atom is 0.303 e. The number of ether oxygens (including phenoxy) is 1. The fourth-order valence-electron chi connectivity index (χ4n) is 4.11. The van der Waals surface area contributed by atoms with Gasteiger partial charge >= 0.3 is 5.97 Å². The van der Waals surface area contributed by atoms with E-state index in [-0.39, 0.29) is 30.8 Å². The fourth-order valence-corrected chi connectivity index (χ4v) is 4.11. The predicted octanol–water partition coefficient (Wildman–Crippen LogP) is -2.90. The van der Waals surface area contributed by atoms with Crippen molar-refractivity contribution in [2.75, 3.05) is 19.7 Å². The third-order valence-corrected chi connectivity index (χ3v) is 6.40. The molecule has 0 bridgehead atoms. The highest BCUT2D eigenvalue weighted by Gasteiger charge is 2.31. The van der Waals surface area contributed by atoms with Gasteiger partial charge in [0, 0.05) is 35.9 Å². The van der Waals surface area contributed by atoms with Crippen molar-refractivity contribution in [1.29, 1.82) is 0 Å². The number of carboxylic acids is 1. The first-order valence-electron chi connectivity index (χ1n) is 14.1. The number of hydrogen-bond acceptors (Lipinski definition) is 11. The summed E-state index contributed by atoms with van der Waals surface area (Å²) in [6.07, 6.45) is 6.65. The molecule has 3 atom stereocenters. The summed E-state index contributed by atoms with van der Waals surface area (Å²) in [5.41, 5.74) is 5.59. The summed E-state index contributed by atoms with van der Waals surface area (Å²) in [6.45, 7) is -0.505. The normalized spacial score (nSPS) is 18.1. The lowest BCUT2D eigenvalue weighted by Crippen LogP contribution is -2.82. The van der Waals surface area contributed by atoms with E-state index in [1.165, 1.54) is 5.48 Å². The molecular formula is C28H34N7O12+. The number of carboxylic acid groups (broad SMARTS) is 1. The summed E-state index contributed by atoms with van der Waals surface area (Å²) < 4.78 is 5.65. The summed E-state index contributed by atoms with van der Waals surface area (Å²) in [7, 11) is 0. The van der Waals surface area contributed by atoms with Crippen LogP contribution in [0.4, 0.5) is 5.69 Å². The average Bonchev–Trinajstić information content (AvgIpc) is 3.02. The van der Waals surface area contributed by atoms with E-state index in [9.17, 15) is 44.0 Å². The highest BCUT2D eigenvalue weighted by Crippen LogP contribution is 2.25. The highest BCUT2D eigenvalue weighted by atomic mass is 17.3. The third kappa shape index (κ3) is 13.3. The number of benzene rings is 1. The number of nitrogens with one attached hydrogen (secondary N) is 4. The summed E-state index contributed by atoms with van der Waals surface area (Å²) in [5.74, 6) is -1.62. The molecule has 19 nitrogen and oxygen atoms in total. The van der Waals surface area contributed by atoms with Crippen molar-refractivity contribution in [1.82, 2.24) is 21.3 Å². The number of terminal acetylenes is 1. The largest absolute Gasteiger partial charge is 0.493 e. The van der Waals surface area contributed by atoms with Gasteiger partial charge in [0.15, 0.2) is 6.11 Å².